The smallest absolute Gasteiger partial charge is 0.131 e. The lowest BCUT2D eigenvalue weighted by Gasteiger charge is -2.20. The molecule has 1 N–H and O–H groups in total. The summed E-state index contributed by atoms with van der Waals surface area (Å²) in [5, 5.41) is 3.32. The molecule has 1 atom stereocenters. The van der Waals surface area contributed by atoms with Crippen LogP contribution in [0.3, 0.4) is 0 Å². The standard InChI is InChI=1S/C15H24FNO2/c1-4-8-17-15(11-19-9-5-2)13-7-6-12(18-3)10-14(13)16/h6-7,10,15,17H,4-5,8-9,11H2,1-3H3. The molecule has 1 aromatic rings. The van der Waals surface area contributed by atoms with Crippen LogP contribution in [0, 0.1) is 5.82 Å². The molecule has 0 heterocycles. The molecule has 1 unspecified atom stereocenters. The minimum atomic E-state index is -0.256. The van der Waals surface area contributed by atoms with Gasteiger partial charge in [-0.2, -0.15) is 0 Å². The summed E-state index contributed by atoms with van der Waals surface area (Å²) in [6.45, 7) is 6.16. The average molecular weight is 269 g/mol. The van der Waals surface area contributed by atoms with E-state index in [0.29, 0.717) is 24.5 Å². The Labute approximate surface area is 115 Å². The van der Waals surface area contributed by atoms with Gasteiger partial charge in [0.25, 0.3) is 0 Å². The van der Waals surface area contributed by atoms with Gasteiger partial charge in [0, 0.05) is 18.2 Å². The number of benzene rings is 1. The summed E-state index contributed by atoms with van der Waals surface area (Å²) >= 11 is 0. The second-order valence-corrected chi connectivity index (χ2v) is 4.47. The molecule has 108 valence electrons. The van der Waals surface area contributed by atoms with Crippen molar-refractivity contribution in [3.05, 3.63) is 29.6 Å². The van der Waals surface area contributed by atoms with E-state index in [1.807, 2.05) is 0 Å². The minimum Gasteiger partial charge on any atom is -0.497 e. The fourth-order valence-corrected chi connectivity index (χ4v) is 1.84. The average Bonchev–Trinajstić information content (AvgIpc) is 2.43. The number of rotatable bonds is 9. The Morgan fingerprint density at radius 3 is 2.63 bits per heavy atom. The Hall–Kier alpha value is -1.13. The predicted molar refractivity (Wildman–Crippen MR) is 75.1 cm³/mol. The van der Waals surface area contributed by atoms with E-state index in [0.717, 1.165) is 19.4 Å². The highest BCUT2D eigenvalue weighted by molar-refractivity contribution is 5.30. The van der Waals surface area contributed by atoms with Gasteiger partial charge < -0.3 is 14.8 Å². The zero-order valence-electron chi connectivity index (χ0n) is 12.0. The van der Waals surface area contributed by atoms with Crippen LogP contribution in [-0.4, -0.2) is 26.9 Å². The Kier molecular flexibility index (Phi) is 7.45. The van der Waals surface area contributed by atoms with E-state index in [1.165, 1.54) is 13.2 Å². The first kappa shape index (κ1) is 15.9. The molecular weight excluding hydrogens is 245 g/mol. The second-order valence-electron chi connectivity index (χ2n) is 4.47. The molecule has 4 heteroatoms. The van der Waals surface area contributed by atoms with Crippen molar-refractivity contribution in [2.24, 2.45) is 0 Å². The normalized spacial score (nSPS) is 12.4. The van der Waals surface area contributed by atoms with Crippen LogP contribution in [0.1, 0.15) is 38.3 Å². The SMILES string of the molecule is CCCNC(COCCC)c1ccc(OC)cc1F. The number of hydrogen-bond acceptors (Lipinski definition) is 3. The van der Waals surface area contributed by atoms with E-state index in [-0.39, 0.29) is 11.9 Å². The minimum absolute atomic E-state index is 0.114. The molecule has 0 fully saturated rings. The second kappa shape index (κ2) is 8.88. The first-order chi connectivity index (χ1) is 9.22. The fraction of sp³-hybridized carbons (Fsp3) is 0.600. The summed E-state index contributed by atoms with van der Waals surface area (Å²) < 4.78 is 24.6. The lowest BCUT2D eigenvalue weighted by molar-refractivity contribution is 0.111. The first-order valence-corrected chi connectivity index (χ1v) is 6.87. The molecule has 0 aliphatic carbocycles. The highest BCUT2D eigenvalue weighted by Gasteiger charge is 2.16. The number of methoxy groups -OCH3 is 1. The van der Waals surface area contributed by atoms with Crippen LogP contribution in [0.4, 0.5) is 4.39 Å². The van der Waals surface area contributed by atoms with Gasteiger partial charge in [-0.1, -0.05) is 19.9 Å². The summed E-state index contributed by atoms with van der Waals surface area (Å²) in [4.78, 5) is 0. The van der Waals surface area contributed by atoms with E-state index >= 15 is 0 Å². The van der Waals surface area contributed by atoms with E-state index in [1.54, 1.807) is 12.1 Å². The Morgan fingerprint density at radius 2 is 2.05 bits per heavy atom. The molecule has 1 aromatic carbocycles. The quantitative estimate of drug-likeness (QED) is 0.698. The van der Waals surface area contributed by atoms with Crippen LogP contribution in [0.15, 0.2) is 18.2 Å². The fourth-order valence-electron chi connectivity index (χ4n) is 1.84. The number of nitrogens with one attached hydrogen (secondary N) is 1. The van der Waals surface area contributed by atoms with Crippen LogP contribution in [-0.2, 0) is 4.74 Å². The molecular formula is C15H24FNO2. The summed E-state index contributed by atoms with van der Waals surface area (Å²) in [6.07, 6.45) is 1.97. The lowest BCUT2D eigenvalue weighted by Crippen LogP contribution is -2.27. The summed E-state index contributed by atoms with van der Waals surface area (Å²) in [5.41, 5.74) is 0.630. The van der Waals surface area contributed by atoms with Crippen LogP contribution >= 0.6 is 0 Å². The molecule has 19 heavy (non-hydrogen) atoms. The van der Waals surface area contributed by atoms with Gasteiger partial charge in [-0.15, -0.1) is 0 Å². The van der Waals surface area contributed by atoms with E-state index in [2.05, 4.69) is 19.2 Å². The maximum absolute atomic E-state index is 14.0. The molecule has 3 nitrogen and oxygen atoms in total. The van der Waals surface area contributed by atoms with Gasteiger partial charge in [0.15, 0.2) is 0 Å². The van der Waals surface area contributed by atoms with E-state index < -0.39 is 0 Å². The molecule has 0 bridgehead atoms. The van der Waals surface area contributed by atoms with Crippen LogP contribution < -0.4 is 10.1 Å². The van der Waals surface area contributed by atoms with Gasteiger partial charge in [0.1, 0.15) is 11.6 Å². The van der Waals surface area contributed by atoms with Crippen molar-refractivity contribution in [1.82, 2.24) is 5.32 Å². The van der Waals surface area contributed by atoms with Gasteiger partial charge in [-0.25, -0.2) is 4.39 Å². The monoisotopic (exact) mass is 269 g/mol. The largest absolute Gasteiger partial charge is 0.497 e. The molecule has 0 aliphatic rings. The van der Waals surface area contributed by atoms with Gasteiger partial charge >= 0.3 is 0 Å². The van der Waals surface area contributed by atoms with E-state index in [4.69, 9.17) is 9.47 Å². The zero-order chi connectivity index (χ0) is 14.1. The van der Waals surface area contributed by atoms with Crippen molar-refractivity contribution in [2.75, 3.05) is 26.9 Å². The number of hydrogen-bond donors (Lipinski definition) is 1. The van der Waals surface area contributed by atoms with Crippen molar-refractivity contribution in [2.45, 2.75) is 32.7 Å². The Balaban J connectivity index is 2.77. The van der Waals surface area contributed by atoms with Gasteiger partial charge in [0.05, 0.1) is 19.8 Å². The molecule has 0 spiro atoms. The molecule has 1 rings (SSSR count). The van der Waals surface area contributed by atoms with Crippen molar-refractivity contribution >= 4 is 0 Å². The van der Waals surface area contributed by atoms with E-state index in [9.17, 15) is 4.39 Å². The van der Waals surface area contributed by atoms with Gasteiger partial charge in [-0.3, -0.25) is 0 Å². The van der Waals surface area contributed by atoms with Crippen LogP contribution in [0.5, 0.6) is 5.75 Å². The number of halogens is 1. The topological polar surface area (TPSA) is 30.5 Å². The molecule has 0 aliphatic heterocycles. The Morgan fingerprint density at radius 1 is 1.26 bits per heavy atom. The summed E-state index contributed by atoms with van der Waals surface area (Å²) in [7, 11) is 1.53. The van der Waals surface area contributed by atoms with Crippen molar-refractivity contribution in [3.8, 4) is 5.75 Å². The van der Waals surface area contributed by atoms with Crippen LogP contribution in [0.2, 0.25) is 0 Å². The third-order valence-corrected chi connectivity index (χ3v) is 2.86. The van der Waals surface area contributed by atoms with Crippen molar-refractivity contribution in [3.63, 3.8) is 0 Å². The van der Waals surface area contributed by atoms with Gasteiger partial charge in [-0.05, 0) is 25.5 Å². The van der Waals surface area contributed by atoms with Crippen LogP contribution in [0.25, 0.3) is 0 Å². The van der Waals surface area contributed by atoms with Crippen molar-refractivity contribution in [1.29, 1.82) is 0 Å². The zero-order valence-corrected chi connectivity index (χ0v) is 12.0. The molecule has 0 radical (unpaired) electrons. The maximum atomic E-state index is 14.0. The number of ether oxygens (including phenoxy) is 2. The molecule has 0 aromatic heterocycles. The summed E-state index contributed by atoms with van der Waals surface area (Å²) in [5.74, 6) is 0.276. The highest BCUT2D eigenvalue weighted by atomic mass is 19.1. The Bertz CT molecular complexity index is 371. The maximum Gasteiger partial charge on any atom is 0.131 e. The van der Waals surface area contributed by atoms with Gasteiger partial charge in [0.2, 0.25) is 0 Å². The molecule has 0 saturated carbocycles. The summed E-state index contributed by atoms with van der Waals surface area (Å²) in [6, 6.07) is 4.84. The van der Waals surface area contributed by atoms with Crippen molar-refractivity contribution < 1.29 is 13.9 Å². The predicted octanol–water partition coefficient (Wildman–Crippen LogP) is 3.30. The highest BCUT2D eigenvalue weighted by Crippen LogP contribution is 2.22. The molecule has 0 amide bonds. The third kappa shape index (κ3) is 5.17. The first-order valence-electron chi connectivity index (χ1n) is 6.87. The third-order valence-electron chi connectivity index (χ3n) is 2.86. The molecule has 0 saturated heterocycles. The lowest BCUT2D eigenvalue weighted by atomic mass is 10.1.